The molecule has 3 N–H and O–H groups in total. The summed E-state index contributed by atoms with van der Waals surface area (Å²) in [5.74, 6) is -1.41. The molecule has 2 fully saturated rings. The van der Waals surface area contributed by atoms with Gasteiger partial charge in [-0.1, -0.05) is 48.5 Å². The van der Waals surface area contributed by atoms with Crippen molar-refractivity contribution in [1.29, 1.82) is 0 Å². The van der Waals surface area contributed by atoms with Crippen LogP contribution < -0.4 is 10.6 Å². The molecule has 0 bridgehead atoms. The third kappa shape index (κ3) is 4.87. The highest BCUT2D eigenvalue weighted by molar-refractivity contribution is 5.83. The molecule has 2 amide bonds. The van der Waals surface area contributed by atoms with Crippen LogP contribution in [0.3, 0.4) is 0 Å². The molecule has 2 heterocycles. The van der Waals surface area contributed by atoms with E-state index in [1.807, 2.05) is 24.3 Å². The Morgan fingerprint density at radius 2 is 1.66 bits per heavy atom. The number of fused-ring (bicyclic) bond motifs is 3. The van der Waals surface area contributed by atoms with Crippen LogP contribution in [0.5, 0.6) is 0 Å². The fourth-order valence-corrected chi connectivity index (χ4v) is 5.14. The maximum absolute atomic E-state index is 12.7. The number of ether oxygens (including phenoxy) is 3. The number of carboxylic acids is 1. The summed E-state index contributed by atoms with van der Waals surface area (Å²) in [6.07, 6.45) is -1.15. The zero-order valence-electron chi connectivity index (χ0n) is 19.1. The maximum atomic E-state index is 12.7. The average Bonchev–Trinajstić information content (AvgIpc) is 3.59. The van der Waals surface area contributed by atoms with Gasteiger partial charge in [0.05, 0.1) is 12.1 Å². The lowest BCUT2D eigenvalue weighted by Gasteiger charge is -2.21. The highest BCUT2D eigenvalue weighted by Crippen LogP contribution is 2.44. The number of carboxylic acid groups (broad SMARTS) is 1. The number of hydrogen-bond donors (Lipinski definition) is 3. The Morgan fingerprint density at radius 3 is 2.31 bits per heavy atom. The number of amides is 2. The van der Waals surface area contributed by atoms with Crippen LogP contribution in [-0.4, -0.2) is 67.2 Å². The zero-order valence-corrected chi connectivity index (χ0v) is 19.1. The fourth-order valence-electron chi connectivity index (χ4n) is 5.14. The molecule has 35 heavy (non-hydrogen) atoms. The predicted molar refractivity (Wildman–Crippen MR) is 125 cm³/mol. The highest BCUT2D eigenvalue weighted by atomic mass is 16.6. The molecule has 0 saturated carbocycles. The summed E-state index contributed by atoms with van der Waals surface area (Å²) < 4.78 is 16.6. The largest absolute Gasteiger partial charge is 0.479 e. The topological polar surface area (TPSA) is 123 Å². The minimum Gasteiger partial charge on any atom is -0.479 e. The van der Waals surface area contributed by atoms with Gasteiger partial charge in [0, 0.05) is 19.1 Å². The van der Waals surface area contributed by atoms with Gasteiger partial charge >= 0.3 is 12.1 Å². The van der Waals surface area contributed by atoms with E-state index in [1.54, 1.807) is 0 Å². The van der Waals surface area contributed by atoms with Gasteiger partial charge < -0.3 is 30.0 Å². The minimum atomic E-state index is -0.995. The van der Waals surface area contributed by atoms with Crippen LogP contribution >= 0.6 is 0 Å². The fraction of sp³-hybridized carbons (Fsp3) is 0.423. The van der Waals surface area contributed by atoms with Gasteiger partial charge in [0.2, 0.25) is 0 Å². The summed E-state index contributed by atoms with van der Waals surface area (Å²) in [5.41, 5.74) is 4.56. The van der Waals surface area contributed by atoms with Crippen molar-refractivity contribution in [3.63, 3.8) is 0 Å². The number of alkyl carbamates (subject to hydrolysis) is 1. The molecule has 3 aliphatic rings. The summed E-state index contributed by atoms with van der Waals surface area (Å²) in [7, 11) is 0. The molecule has 4 unspecified atom stereocenters. The molecular formula is C26H28N2O7. The van der Waals surface area contributed by atoms with Crippen molar-refractivity contribution in [1.82, 2.24) is 10.6 Å². The zero-order chi connectivity index (χ0) is 24.4. The van der Waals surface area contributed by atoms with Gasteiger partial charge in [-0.15, -0.1) is 0 Å². The molecule has 2 saturated heterocycles. The van der Waals surface area contributed by atoms with Crippen molar-refractivity contribution in [2.75, 3.05) is 19.8 Å². The van der Waals surface area contributed by atoms with Crippen LogP contribution in [0.25, 0.3) is 11.1 Å². The predicted octanol–water partition coefficient (Wildman–Crippen LogP) is 2.43. The summed E-state index contributed by atoms with van der Waals surface area (Å²) >= 11 is 0. The Morgan fingerprint density at radius 1 is 0.971 bits per heavy atom. The second kappa shape index (κ2) is 10.1. The molecule has 2 aliphatic heterocycles. The van der Waals surface area contributed by atoms with Crippen molar-refractivity contribution in [2.24, 2.45) is 0 Å². The van der Waals surface area contributed by atoms with Crippen molar-refractivity contribution in [2.45, 2.75) is 49.5 Å². The number of benzene rings is 2. The third-order valence-corrected chi connectivity index (χ3v) is 6.88. The molecular weight excluding hydrogens is 452 g/mol. The minimum absolute atomic E-state index is 0.0480. The maximum Gasteiger partial charge on any atom is 0.407 e. The second-order valence-electron chi connectivity index (χ2n) is 9.06. The van der Waals surface area contributed by atoms with Gasteiger partial charge in [-0.3, -0.25) is 4.79 Å². The monoisotopic (exact) mass is 480 g/mol. The smallest absolute Gasteiger partial charge is 0.407 e. The first-order valence-corrected chi connectivity index (χ1v) is 11.9. The molecule has 9 nitrogen and oxygen atoms in total. The Hall–Kier alpha value is -3.43. The lowest BCUT2D eigenvalue weighted by atomic mass is 9.98. The summed E-state index contributed by atoms with van der Waals surface area (Å²) in [6.45, 7) is 0.724. The molecule has 9 heteroatoms. The average molecular weight is 481 g/mol. The van der Waals surface area contributed by atoms with Crippen molar-refractivity contribution < 1.29 is 33.7 Å². The van der Waals surface area contributed by atoms with E-state index in [0.717, 1.165) is 22.3 Å². The van der Waals surface area contributed by atoms with E-state index >= 15 is 0 Å². The Bertz CT molecular complexity index is 1070. The van der Waals surface area contributed by atoms with E-state index in [2.05, 4.69) is 34.9 Å². The van der Waals surface area contributed by atoms with Gasteiger partial charge in [-0.2, -0.15) is 0 Å². The first-order valence-electron chi connectivity index (χ1n) is 11.9. The standard InChI is InChI=1S/C26H28N2O7/c29-24(27-13-15-9-10-22(35-15)25(30)31)23-21(11-12-33-23)28-26(32)34-14-20-18-7-3-1-5-16(18)17-6-2-4-8-19(17)20/h1-8,15,20-23H,9-14H2,(H,27,29)(H,28,32)(H,30,31). The van der Waals surface area contributed by atoms with Gasteiger partial charge in [0.25, 0.3) is 5.91 Å². The first kappa shape index (κ1) is 23.3. The number of aliphatic carboxylic acids is 1. The van der Waals surface area contributed by atoms with Crippen molar-refractivity contribution in [3.05, 3.63) is 59.7 Å². The molecule has 5 rings (SSSR count). The molecule has 0 radical (unpaired) electrons. The Labute approximate surface area is 202 Å². The van der Waals surface area contributed by atoms with Crippen molar-refractivity contribution in [3.8, 4) is 11.1 Å². The Balaban J connectivity index is 1.13. The SMILES string of the molecule is O=C(NC1CCOC1C(=O)NCC1CCC(C(=O)O)O1)OCC1c2ccccc2-c2ccccc21. The lowest BCUT2D eigenvalue weighted by molar-refractivity contribution is -0.149. The van der Waals surface area contributed by atoms with Crippen molar-refractivity contribution >= 4 is 18.0 Å². The summed E-state index contributed by atoms with van der Waals surface area (Å²) in [5, 5.41) is 14.6. The molecule has 4 atom stereocenters. The van der Waals surface area contributed by atoms with Crippen LogP contribution in [0.4, 0.5) is 4.79 Å². The van der Waals surface area contributed by atoms with Crippen LogP contribution in [0.15, 0.2) is 48.5 Å². The van der Waals surface area contributed by atoms with E-state index in [-0.39, 0.29) is 31.1 Å². The van der Waals surface area contributed by atoms with E-state index in [4.69, 9.17) is 19.3 Å². The number of rotatable bonds is 7. The van der Waals surface area contributed by atoms with E-state index < -0.39 is 30.3 Å². The van der Waals surface area contributed by atoms with Crippen LogP contribution in [0.1, 0.15) is 36.3 Å². The van der Waals surface area contributed by atoms with E-state index in [1.165, 1.54) is 0 Å². The highest BCUT2D eigenvalue weighted by Gasteiger charge is 2.37. The molecule has 0 aromatic heterocycles. The molecule has 2 aromatic rings. The number of nitrogens with one attached hydrogen (secondary N) is 2. The van der Waals surface area contributed by atoms with Crippen LogP contribution in [0.2, 0.25) is 0 Å². The quantitative estimate of drug-likeness (QED) is 0.556. The van der Waals surface area contributed by atoms with Gasteiger partial charge in [-0.05, 0) is 41.5 Å². The third-order valence-electron chi connectivity index (χ3n) is 6.88. The number of carbonyl (C=O) groups is 3. The van der Waals surface area contributed by atoms with E-state index in [9.17, 15) is 14.4 Å². The first-order chi connectivity index (χ1) is 17.0. The Kier molecular flexibility index (Phi) is 6.70. The van der Waals surface area contributed by atoms with Crippen LogP contribution in [-0.2, 0) is 23.8 Å². The van der Waals surface area contributed by atoms with Crippen LogP contribution in [0, 0.1) is 0 Å². The lowest BCUT2D eigenvalue weighted by Crippen LogP contribution is -2.49. The normalized spacial score (nSPS) is 25.0. The molecule has 184 valence electrons. The van der Waals surface area contributed by atoms with Gasteiger partial charge in [0.15, 0.2) is 12.2 Å². The molecule has 0 spiro atoms. The molecule has 1 aliphatic carbocycles. The van der Waals surface area contributed by atoms with Gasteiger partial charge in [-0.25, -0.2) is 9.59 Å². The second-order valence-corrected chi connectivity index (χ2v) is 9.06. The summed E-state index contributed by atoms with van der Waals surface area (Å²) in [6, 6.07) is 15.7. The van der Waals surface area contributed by atoms with Gasteiger partial charge in [0.1, 0.15) is 6.61 Å². The van der Waals surface area contributed by atoms with E-state index in [0.29, 0.717) is 25.9 Å². The number of hydrogen-bond acceptors (Lipinski definition) is 6. The molecule has 2 aromatic carbocycles. The number of carbonyl (C=O) groups excluding carboxylic acids is 2. The summed E-state index contributed by atoms with van der Waals surface area (Å²) in [4.78, 5) is 36.3.